The minimum Gasteiger partial charge on any atom is -0.343 e. The lowest BCUT2D eigenvalue weighted by atomic mass is 10.2. The van der Waals surface area contributed by atoms with Gasteiger partial charge in [-0.05, 0) is 55.3 Å². The van der Waals surface area contributed by atoms with Crippen LogP contribution in [0.5, 0.6) is 0 Å². The molecule has 0 saturated carbocycles. The van der Waals surface area contributed by atoms with Crippen LogP contribution >= 0.6 is 11.6 Å². The Balaban J connectivity index is 1.68. The molecule has 33 heavy (non-hydrogen) atoms. The van der Waals surface area contributed by atoms with E-state index in [1.807, 2.05) is 0 Å². The SMILES string of the molecule is Cn1c(=O)n(CCC(=O)N2CCCC2)c(=O)c2cc(S(=O)(=O)Nc3ccc(Cl)cc3)ccc21. The summed E-state index contributed by atoms with van der Waals surface area (Å²) in [6.45, 7) is 1.30. The van der Waals surface area contributed by atoms with Gasteiger partial charge in [-0.2, -0.15) is 0 Å². The summed E-state index contributed by atoms with van der Waals surface area (Å²) in [6, 6.07) is 10.2. The third kappa shape index (κ3) is 4.67. The molecule has 1 aliphatic rings. The second-order valence-corrected chi connectivity index (χ2v) is 10.0. The first-order valence-corrected chi connectivity index (χ1v) is 12.3. The molecule has 9 nitrogen and oxygen atoms in total. The van der Waals surface area contributed by atoms with Crippen LogP contribution in [0.4, 0.5) is 5.69 Å². The summed E-state index contributed by atoms with van der Waals surface area (Å²) in [5, 5.41) is 0.540. The van der Waals surface area contributed by atoms with Crippen LogP contribution in [-0.4, -0.2) is 41.4 Å². The van der Waals surface area contributed by atoms with Crippen molar-refractivity contribution in [3.05, 3.63) is 68.3 Å². The van der Waals surface area contributed by atoms with Crippen molar-refractivity contribution >= 4 is 44.1 Å². The molecule has 0 aliphatic carbocycles. The Morgan fingerprint density at radius 2 is 1.73 bits per heavy atom. The normalized spacial score (nSPS) is 14.1. The maximum Gasteiger partial charge on any atom is 0.331 e. The maximum atomic E-state index is 13.1. The van der Waals surface area contributed by atoms with Gasteiger partial charge in [0, 0.05) is 43.8 Å². The van der Waals surface area contributed by atoms with Crippen LogP contribution in [-0.2, 0) is 28.4 Å². The average molecular weight is 491 g/mol. The summed E-state index contributed by atoms with van der Waals surface area (Å²) in [7, 11) is -2.49. The Morgan fingerprint density at radius 1 is 1.06 bits per heavy atom. The van der Waals surface area contributed by atoms with Gasteiger partial charge in [0.2, 0.25) is 5.91 Å². The Kier molecular flexibility index (Phi) is 6.31. The van der Waals surface area contributed by atoms with Crippen LogP contribution in [0.15, 0.2) is 56.9 Å². The highest BCUT2D eigenvalue weighted by Crippen LogP contribution is 2.20. The van der Waals surface area contributed by atoms with E-state index in [0.717, 1.165) is 17.4 Å². The van der Waals surface area contributed by atoms with Crippen molar-refractivity contribution in [2.75, 3.05) is 17.8 Å². The van der Waals surface area contributed by atoms with E-state index >= 15 is 0 Å². The van der Waals surface area contributed by atoms with Gasteiger partial charge < -0.3 is 4.90 Å². The van der Waals surface area contributed by atoms with Gasteiger partial charge in [-0.1, -0.05) is 11.6 Å². The van der Waals surface area contributed by atoms with E-state index in [2.05, 4.69) is 4.72 Å². The molecule has 1 saturated heterocycles. The van der Waals surface area contributed by atoms with Crippen LogP contribution < -0.4 is 16.0 Å². The number of sulfonamides is 1. The van der Waals surface area contributed by atoms with Gasteiger partial charge in [0.25, 0.3) is 15.6 Å². The Labute approximate surface area is 195 Å². The second kappa shape index (κ2) is 9.03. The number of aryl methyl sites for hydroxylation is 1. The van der Waals surface area contributed by atoms with Gasteiger partial charge in [-0.3, -0.25) is 23.4 Å². The van der Waals surface area contributed by atoms with Crippen LogP contribution in [0.2, 0.25) is 5.02 Å². The zero-order valence-electron chi connectivity index (χ0n) is 18.0. The quantitative estimate of drug-likeness (QED) is 0.569. The molecule has 0 spiro atoms. The summed E-state index contributed by atoms with van der Waals surface area (Å²) in [5.41, 5.74) is -0.571. The lowest BCUT2D eigenvalue weighted by molar-refractivity contribution is -0.130. The molecule has 1 aromatic heterocycles. The van der Waals surface area contributed by atoms with Crippen molar-refractivity contribution in [1.82, 2.24) is 14.0 Å². The number of halogens is 1. The standard InChI is InChI=1S/C22H23ClN4O5S/c1-25-19-9-8-17(33(31,32)24-16-6-4-15(23)5-7-16)14-18(19)21(29)27(22(25)30)13-10-20(28)26-11-2-3-12-26/h4-9,14,24H,2-3,10-13H2,1H3. The van der Waals surface area contributed by atoms with Crippen LogP contribution in [0.25, 0.3) is 10.9 Å². The number of nitrogens with one attached hydrogen (secondary N) is 1. The lowest BCUT2D eigenvalue weighted by Crippen LogP contribution is -2.40. The van der Waals surface area contributed by atoms with Crippen LogP contribution in [0.1, 0.15) is 19.3 Å². The Hall–Kier alpha value is -3.11. The average Bonchev–Trinajstić information content (AvgIpc) is 3.33. The third-order valence-electron chi connectivity index (χ3n) is 5.74. The van der Waals surface area contributed by atoms with Crippen LogP contribution in [0, 0.1) is 0 Å². The van der Waals surface area contributed by atoms with E-state index < -0.39 is 21.3 Å². The highest BCUT2D eigenvalue weighted by atomic mass is 35.5. The number of benzene rings is 2. The molecule has 0 radical (unpaired) electrons. The fourth-order valence-corrected chi connectivity index (χ4v) is 5.13. The minimum absolute atomic E-state index is 0.0246. The van der Waals surface area contributed by atoms with Gasteiger partial charge >= 0.3 is 5.69 Å². The highest BCUT2D eigenvalue weighted by Gasteiger charge is 2.21. The molecule has 1 N–H and O–H groups in total. The molecule has 0 bridgehead atoms. The summed E-state index contributed by atoms with van der Waals surface area (Å²) in [4.78, 5) is 39.8. The first-order valence-electron chi connectivity index (χ1n) is 10.5. The zero-order valence-corrected chi connectivity index (χ0v) is 19.5. The van der Waals surface area contributed by atoms with E-state index in [9.17, 15) is 22.8 Å². The first-order chi connectivity index (χ1) is 15.7. The number of amides is 1. The molecule has 11 heteroatoms. The molecule has 174 valence electrons. The third-order valence-corrected chi connectivity index (χ3v) is 7.37. The molecule has 2 aromatic carbocycles. The number of nitrogens with zero attached hydrogens (tertiary/aromatic N) is 3. The Bertz CT molecular complexity index is 1440. The molecular formula is C22H23ClN4O5S. The topological polar surface area (TPSA) is 110 Å². The van der Waals surface area contributed by atoms with Crippen LogP contribution in [0.3, 0.4) is 0 Å². The number of anilines is 1. The zero-order chi connectivity index (χ0) is 23.8. The number of hydrogen-bond acceptors (Lipinski definition) is 5. The fraction of sp³-hybridized carbons (Fsp3) is 0.318. The summed E-state index contributed by atoms with van der Waals surface area (Å²) < 4.78 is 30.4. The molecule has 1 aliphatic heterocycles. The molecule has 0 atom stereocenters. The molecule has 1 fully saturated rings. The number of hydrogen-bond donors (Lipinski definition) is 1. The molecule has 0 unspecified atom stereocenters. The Morgan fingerprint density at radius 3 is 2.39 bits per heavy atom. The number of carbonyl (C=O) groups excluding carboxylic acids is 1. The van der Waals surface area contributed by atoms with Crippen molar-refractivity contribution in [2.24, 2.45) is 7.05 Å². The van der Waals surface area contributed by atoms with Gasteiger partial charge in [0.05, 0.1) is 15.8 Å². The second-order valence-electron chi connectivity index (χ2n) is 7.93. The summed E-state index contributed by atoms with van der Waals surface area (Å²) in [5.74, 6) is -0.106. The molecule has 2 heterocycles. The van der Waals surface area contributed by atoms with Gasteiger partial charge in [-0.15, -0.1) is 0 Å². The largest absolute Gasteiger partial charge is 0.343 e. The van der Waals surface area contributed by atoms with Crippen molar-refractivity contribution in [1.29, 1.82) is 0 Å². The van der Waals surface area contributed by atoms with E-state index in [-0.39, 0.29) is 29.2 Å². The van der Waals surface area contributed by atoms with Gasteiger partial charge in [0.1, 0.15) is 0 Å². The van der Waals surface area contributed by atoms with E-state index in [4.69, 9.17) is 11.6 Å². The summed E-state index contributed by atoms with van der Waals surface area (Å²) in [6.07, 6.45) is 1.92. The predicted molar refractivity (Wildman–Crippen MR) is 126 cm³/mol. The maximum absolute atomic E-state index is 13.1. The molecular weight excluding hydrogens is 468 g/mol. The van der Waals surface area contributed by atoms with E-state index in [0.29, 0.717) is 29.3 Å². The number of carbonyl (C=O) groups is 1. The number of aromatic nitrogens is 2. The predicted octanol–water partition coefficient (Wildman–Crippen LogP) is 2.17. The smallest absolute Gasteiger partial charge is 0.331 e. The van der Waals surface area contributed by atoms with Crippen molar-refractivity contribution in [2.45, 2.75) is 30.7 Å². The highest BCUT2D eigenvalue weighted by molar-refractivity contribution is 7.92. The fourth-order valence-electron chi connectivity index (χ4n) is 3.92. The molecule has 3 aromatic rings. The number of fused-ring (bicyclic) bond motifs is 1. The monoisotopic (exact) mass is 490 g/mol. The molecule has 1 amide bonds. The van der Waals surface area contributed by atoms with Crippen molar-refractivity contribution in [3.8, 4) is 0 Å². The van der Waals surface area contributed by atoms with Crippen molar-refractivity contribution < 1.29 is 13.2 Å². The first kappa shape index (κ1) is 23.1. The summed E-state index contributed by atoms with van der Waals surface area (Å²) >= 11 is 5.84. The number of rotatable bonds is 6. The number of likely N-dealkylation sites (tertiary alicyclic amines) is 1. The van der Waals surface area contributed by atoms with Gasteiger partial charge in [0.15, 0.2) is 0 Å². The van der Waals surface area contributed by atoms with E-state index in [1.54, 1.807) is 17.0 Å². The lowest BCUT2D eigenvalue weighted by Gasteiger charge is -2.16. The van der Waals surface area contributed by atoms with Crippen molar-refractivity contribution in [3.63, 3.8) is 0 Å². The molecule has 4 rings (SSSR count). The van der Waals surface area contributed by atoms with E-state index in [1.165, 1.54) is 41.9 Å². The van der Waals surface area contributed by atoms with Gasteiger partial charge in [-0.25, -0.2) is 13.2 Å². The minimum atomic E-state index is -4.00.